The molecule has 7 heteroatoms. The Bertz CT molecular complexity index is 696. The summed E-state index contributed by atoms with van der Waals surface area (Å²) >= 11 is 2.96. The molecule has 0 saturated heterocycles. The fourth-order valence-electron chi connectivity index (χ4n) is 1.87. The van der Waals surface area contributed by atoms with Crippen molar-refractivity contribution in [2.45, 2.75) is 13.0 Å². The summed E-state index contributed by atoms with van der Waals surface area (Å²) in [6, 6.07) is 5.10. The van der Waals surface area contributed by atoms with Crippen LogP contribution in [0.2, 0.25) is 0 Å². The fourth-order valence-corrected chi connectivity index (χ4v) is 3.96. The van der Waals surface area contributed by atoms with Crippen LogP contribution in [-0.2, 0) is 4.79 Å². The van der Waals surface area contributed by atoms with E-state index in [0.717, 1.165) is 26.0 Å². The normalized spacial score (nSPS) is 18.2. The number of hydrogen-bond donors (Lipinski definition) is 1. The average Bonchev–Trinajstić information content (AvgIpc) is 3.05. The number of aliphatic imine (C=N–C) groups is 1. The molecule has 1 aromatic heterocycles. The molecule has 1 N–H and O–H groups in total. The van der Waals surface area contributed by atoms with Gasteiger partial charge in [0.05, 0.1) is 16.8 Å². The highest BCUT2D eigenvalue weighted by molar-refractivity contribution is 8.15. The maximum absolute atomic E-state index is 10.9. The largest absolute Gasteiger partial charge is 0.494 e. The monoisotopic (exact) mass is 308 g/mol. The van der Waals surface area contributed by atoms with Crippen LogP contribution in [0.3, 0.4) is 0 Å². The van der Waals surface area contributed by atoms with Crippen LogP contribution in [0.5, 0.6) is 5.75 Å². The van der Waals surface area contributed by atoms with Gasteiger partial charge in [0.25, 0.3) is 0 Å². The summed E-state index contributed by atoms with van der Waals surface area (Å²) in [5.74, 6) is 0.414. The van der Waals surface area contributed by atoms with Crippen molar-refractivity contribution in [1.82, 2.24) is 4.98 Å². The molecule has 1 aliphatic rings. The molecule has 1 aromatic carbocycles. The lowest BCUT2D eigenvalue weighted by Crippen LogP contribution is -2.17. The molecule has 0 fully saturated rings. The summed E-state index contributed by atoms with van der Waals surface area (Å²) in [5.41, 5.74) is 0.885. The maximum atomic E-state index is 10.9. The van der Waals surface area contributed by atoms with Crippen LogP contribution in [0, 0.1) is 0 Å². The molecular formula is C13H12N2O3S2. The number of carbonyl (C=O) groups is 1. The molecule has 20 heavy (non-hydrogen) atoms. The molecule has 0 spiro atoms. The van der Waals surface area contributed by atoms with Gasteiger partial charge in [0.15, 0.2) is 6.04 Å². The minimum absolute atomic E-state index is 0.477. The van der Waals surface area contributed by atoms with Crippen molar-refractivity contribution in [3.63, 3.8) is 0 Å². The number of rotatable bonds is 4. The summed E-state index contributed by atoms with van der Waals surface area (Å²) in [6.45, 7) is 2.57. The van der Waals surface area contributed by atoms with E-state index in [1.807, 2.05) is 25.1 Å². The molecule has 0 amide bonds. The first-order valence-electron chi connectivity index (χ1n) is 6.14. The Morgan fingerprint density at radius 3 is 3.10 bits per heavy atom. The van der Waals surface area contributed by atoms with Crippen molar-refractivity contribution >= 4 is 44.3 Å². The molecule has 0 radical (unpaired) electrons. The molecule has 0 saturated carbocycles. The van der Waals surface area contributed by atoms with E-state index in [0.29, 0.717) is 12.4 Å². The molecule has 2 heterocycles. The molecule has 0 aliphatic carbocycles. The number of carboxylic acids is 1. The third-order valence-corrected chi connectivity index (χ3v) is 5.00. The Kier molecular flexibility index (Phi) is 3.62. The zero-order chi connectivity index (χ0) is 14.1. The molecule has 0 bridgehead atoms. The molecule has 0 unspecified atom stereocenters. The Morgan fingerprint density at radius 2 is 2.40 bits per heavy atom. The highest BCUT2D eigenvalue weighted by Crippen LogP contribution is 2.31. The summed E-state index contributed by atoms with van der Waals surface area (Å²) in [7, 11) is 0. The number of fused-ring (bicyclic) bond motifs is 1. The van der Waals surface area contributed by atoms with Gasteiger partial charge in [-0.15, -0.1) is 23.1 Å². The first-order valence-corrected chi connectivity index (χ1v) is 7.94. The first-order chi connectivity index (χ1) is 9.67. The quantitative estimate of drug-likeness (QED) is 0.940. The Balaban J connectivity index is 1.93. The van der Waals surface area contributed by atoms with E-state index in [1.165, 1.54) is 23.1 Å². The molecule has 3 rings (SSSR count). The molecule has 5 nitrogen and oxygen atoms in total. The van der Waals surface area contributed by atoms with Gasteiger partial charge in [0.1, 0.15) is 15.8 Å². The lowest BCUT2D eigenvalue weighted by atomic mass is 10.3. The number of nitrogens with zero attached hydrogens (tertiary/aromatic N) is 2. The number of thioether (sulfide) groups is 1. The van der Waals surface area contributed by atoms with Crippen LogP contribution < -0.4 is 4.74 Å². The van der Waals surface area contributed by atoms with E-state index in [1.54, 1.807) is 0 Å². The third-order valence-electron chi connectivity index (χ3n) is 2.79. The van der Waals surface area contributed by atoms with Gasteiger partial charge in [0.2, 0.25) is 0 Å². The standard InChI is InChI=1S/C13H12N2O3S2/c1-2-18-7-3-4-8-10(5-7)20-12(14-8)11-15-9(6-19-11)13(16)17/h3-5,9H,2,6H2,1H3,(H,16,17)/t9-/m0/s1. The molecule has 1 aliphatic heterocycles. The SMILES string of the molecule is CCOc1ccc2nc(C3=N[C@H](C(=O)O)CS3)sc2c1. The van der Waals surface area contributed by atoms with Crippen LogP contribution in [0.1, 0.15) is 11.9 Å². The first kappa shape index (κ1) is 13.4. The van der Waals surface area contributed by atoms with Gasteiger partial charge < -0.3 is 9.84 Å². The summed E-state index contributed by atoms with van der Waals surface area (Å²) in [4.78, 5) is 19.6. The van der Waals surface area contributed by atoms with Crippen LogP contribution in [0.15, 0.2) is 23.2 Å². The van der Waals surface area contributed by atoms with E-state index < -0.39 is 12.0 Å². The topological polar surface area (TPSA) is 71.8 Å². The van der Waals surface area contributed by atoms with Crippen molar-refractivity contribution in [3.8, 4) is 5.75 Å². The van der Waals surface area contributed by atoms with Crippen LogP contribution >= 0.6 is 23.1 Å². The lowest BCUT2D eigenvalue weighted by Gasteiger charge is -2.00. The van der Waals surface area contributed by atoms with Crippen LogP contribution in [0.4, 0.5) is 0 Å². The zero-order valence-electron chi connectivity index (χ0n) is 10.7. The fraction of sp³-hybridized carbons (Fsp3) is 0.308. The smallest absolute Gasteiger partial charge is 0.329 e. The second kappa shape index (κ2) is 5.41. The summed E-state index contributed by atoms with van der Waals surface area (Å²) in [6.07, 6.45) is 0. The average molecular weight is 308 g/mol. The Labute approximate surface area is 123 Å². The van der Waals surface area contributed by atoms with Crippen molar-refractivity contribution in [1.29, 1.82) is 0 Å². The van der Waals surface area contributed by atoms with Gasteiger partial charge >= 0.3 is 5.97 Å². The van der Waals surface area contributed by atoms with Gasteiger partial charge in [-0.2, -0.15) is 0 Å². The van der Waals surface area contributed by atoms with Crippen molar-refractivity contribution < 1.29 is 14.6 Å². The molecule has 2 aromatic rings. The van der Waals surface area contributed by atoms with E-state index >= 15 is 0 Å². The van der Waals surface area contributed by atoms with Gasteiger partial charge in [-0.1, -0.05) is 0 Å². The Hall–Kier alpha value is -1.60. The highest BCUT2D eigenvalue weighted by Gasteiger charge is 2.26. The summed E-state index contributed by atoms with van der Waals surface area (Å²) in [5, 5.41) is 10.5. The van der Waals surface area contributed by atoms with Crippen molar-refractivity contribution in [2.24, 2.45) is 4.99 Å². The number of aliphatic carboxylic acids is 1. The number of thiazole rings is 1. The molecular weight excluding hydrogens is 296 g/mol. The minimum Gasteiger partial charge on any atom is -0.494 e. The second-order valence-electron chi connectivity index (χ2n) is 4.18. The van der Waals surface area contributed by atoms with Crippen LogP contribution in [-0.4, -0.2) is 39.5 Å². The summed E-state index contributed by atoms with van der Waals surface area (Å²) < 4.78 is 6.48. The van der Waals surface area contributed by atoms with E-state index in [9.17, 15) is 4.79 Å². The predicted molar refractivity (Wildman–Crippen MR) is 81.2 cm³/mol. The maximum Gasteiger partial charge on any atom is 0.329 e. The highest BCUT2D eigenvalue weighted by atomic mass is 32.2. The number of benzene rings is 1. The minimum atomic E-state index is -0.882. The van der Waals surface area contributed by atoms with E-state index in [-0.39, 0.29) is 0 Å². The van der Waals surface area contributed by atoms with Gasteiger partial charge in [0, 0.05) is 5.75 Å². The number of aromatic nitrogens is 1. The van der Waals surface area contributed by atoms with E-state index in [2.05, 4.69) is 9.98 Å². The number of hydrogen-bond acceptors (Lipinski definition) is 6. The van der Waals surface area contributed by atoms with Gasteiger partial charge in [-0.05, 0) is 25.1 Å². The third kappa shape index (κ3) is 2.51. The van der Waals surface area contributed by atoms with Crippen LogP contribution in [0.25, 0.3) is 10.2 Å². The van der Waals surface area contributed by atoms with Crippen molar-refractivity contribution in [3.05, 3.63) is 23.2 Å². The molecule has 1 atom stereocenters. The number of ether oxygens (including phenoxy) is 1. The predicted octanol–water partition coefficient (Wildman–Crippen LogP) is 2.64. The zero-order valence-corrected chi connectivity index (χ0v) is 12.3. The Morgan fingerprint density at radius 1 is 1.55 bits per heavy atom. The second-order valence-corrected chi connectivity index (χ2v) is 6.22. The van der Waals surface area contributed by atoms with Crippen molar-refractivity contribution in [2.75, 3.05) is 12.4 Å². The van der Waals surface area contributed by atoms with Gasteiger partial charge in [-0.25, -0.2) is 9.78 Å². The molecule has 104 valence electrons. The van der Waals surface area contributed by atoms with E-state index in [4.69, 9.17) is 9.84 Å². The lowest BCUT2D eigenvalue weighted by molar-refractivity contribution is -0.137. The number of carboxylic acid groups (broad SMARTS) is 1. The van der Waals surface area contributed by atoms with Gasteiger partial charge in [-0.3, -0.25) is 4.99 Å².